The molecule has 0 aromatic heterocycles. The van der Waals surface area contributed by atoms with Crippen LogP contribution >= 0.6 is 0 Å². The minimum atomic E-state index is 0.387. The number of quaternary nitrogens is 1. The van der Waals surface area contributed by atoms with Crippen LogP contribution < -0.4 is 9.64 Å². The van der Waals surface area contributed by atoms with Gasteiger partial charge >= 0.3 is 0 Å². The van der Waals surface area contributed by atoms with Gasteiger partial charge in [-0.15, -0.1) is 0 Å². The maximum absolute atomic E-state index is 10.3. The van der Waals surface area contributed by atoms with E-state index in [0.717, 1.165) is 34.8 Å². The third-order valence-electron chi connectivity index (χ3n) is 4.47. The van der Waals surface area contributed by atoms with Gasteiger partial charge in [0.15, 0.2) is 0 Å². The van der Waals surface area contributed by atoms with Crippen LogP contribution in [0.3, 0.4) is 0 Å². The molecule has 0 radical (unpaired) electrons. The lowest BCUT2D eigenvalue weighted by Crippen LogP contribution is -3.08. The molecule has 24 heavy (non-hydrogen) atoms. The van der Waals surface area contributed by atoms with Crippen molar-refractivity contribution in [2.75, 3.05) is 20.2 Å². The van der Waals surface area contributed by atoms with Gasteiger partial charge in [-0.25, -0.2) is 0 Å². The highest BCUT2D eigenvalue weighted by atomic mass is 16.5. The predicted molar refractivity (Wildman–Crippen MR) is 93.6 cm³/mol. The van der Waals surface area contributed by atoms with Crippen LogP contribution in [0.1, 0.15) is 24.0 Å². The summed E-state index contributed by atoms with van der Waals surface area (Å²) in [4.78, 5) is 1.52. The number of rotatable bonds is 5. The molecule has 0 spiro atoms. The monoisotopic (exact) mass is 326 g/mol. The molecule has 1 aliphatic rings. The van der Waals surface area contributed by atoms with Crippen LogP contribution in [0.5, 0.6) is 11.5 Å². The quantitative estimate of drug-likeness (QED) is 0.828. The minimum Gasteiger partial charge on any atom is -0.507 e. The molecule has 1 aliphatic heterocycles. The number of benzene rings is 2. The molecule has 0 unspecified atom stereocenters. The Morgan fingerprint density at radius 3 is 2.38 bits per heavy atom. The van der Waals surface area contributed by atoms with Crippen molar-refractivity contribution in [3.05, 3.63) is 47.5 Å². The lowest BCUT2D eigenvalue weighted by Gasteiger charge is -2.14. The molecule has 0 saturated carbocycles. The highest BCUT2D eigenvalue weighted by Gasteiger charge is 2.18. The van der Waals surface area contributed by atoms with Crippen molar-refractivity contribution >= 4 is 11.4 Å². The van der Waals surface area contributed by atoms with Gasteiger partial charge in [-0.3, -0.25) is 0 Å². The number of phenolic OH excluding ortho intramolecular Hbond substituents is 1. The summed E-state index contributed by atoms with van der Waals surface area (Å²) in [7, 11) is 1.64. The molecule has 2 aromatic rings. The molecule has 0 amide bonds. The number of nitrogens with zero attached hydrogens (tertiary/aromatic N) is 2. The Morgan fingerprint density at radius 2 is 1.71 bits per heavy atom. The molecule has 2 aromatic carbocycles. The second-order valence-corrected chi connectivity index (χ2v) is 6.30. The number of methoxy groups -OCH3 is 1. The summed E-state index contributed by atoms with van der Waals surface area (Å²) in [5, 5.41) is 18.9. The number of likely N-dealkylation sites (tertiary alicyclic amines) is 1. The second kappa shape index (κ2) is 7.45. The molecule has 126 valence electrons. The zero-order valence-corrected chi connectivity index (χ0v) is 14.2. The summed E-state index contributed by atoms with van der Waals surface area (Å²) < 4.78 is 5.14. The van der Waals surface area contributed by atoms with Crippen LogP contribution in [0, 0.1) is 6.92 Å². The second-order valence-electron chi connectivity index (χ2n) is 6.30. The molecule has 0 bridgehead atoms. The van der Waals surface area contributed by atoms with Crippen molar-refractivity contribution in [3.63, 3.8) is 0 Å². The number of nitrogens with one attached hydrogen (secondary N) is 1. The Kier molecular flexibility index (Phi) is 5.11. The largest absolute Gasteiger partial charge is 0.507 e. The van der Waals surface area contributed by atoms with Gasteiger partial charge in [0.25, 0.3) is 0 Å². The number of hydrogen-bond donors (Lipinski definition) is 2. The van der Waals surface area contributed by atoms with Gasteiger partial charge in [-0.2, -0.15) is 10.2 Å². The fraction of sp³-hybridized carbons (Fsp3) is 0.368. The third-order valence-corrected chi connectivity index (χ3v) is 4.47. The fourth-order valence-corrected chi connectivity index (χ4v) is 3.11. The van der Waals surface area contributed by atoms with Crippen molar-refractivity contribution in [2.24, 2.45) is 10.2 Å². The van der Waals surface area contributed by atoms with Crippen molar-refractivity contribution in [1.29, 1.82) is 0 Å². The van der Waals surface area contributed by atoms with E-state index in [1.54, 1.807) is 7.11 Å². The first kappa shape index (κ1) is 16.5. The summed E-state index contributed by atoms with van der Waals surface area (Å²) in [5.74, 6) is 1.18. The van der Waals surface area contributed by atoms with Gasteiger partial charge in [0.05, 0.1) is 37.1 Å². The highest BCUT2D eigenvalue weighted by Crippen LogP contribution is 2.29. The van der Waals surface area contributed by atoms with Crippen LogP contribution in [-0.2, 0) is 6.54 Å². The average molecular weight is 326 g/mol. The van der Waals surface area contributed by atoms with Crippen molar-refractivity contribution < 1.29 is 14.7 Å². The van der Waals surface area contributed by atoms with E-state index in [1.165, 1.54) is 30.8 Å². The molecule has 5 nitrogen and oxygen atoms in total. The number of aryl methyl sites for hydroxylation is 1. The zero-order valence-electron chi connectivity index (χ0n) is 14.2. The molecule has 1 fully saturated rings. The SMILES string of the molecule is COc1ccc(N=Nc2cc(C)c(O)c(C[NH+]3CCCC3)c2)cc1. The molecule has 3 rings (SSSR count). The first-order chi connectivity index (χ1) is 11.7. The molecule has 0 atom stereocenters. The maximum Gasteiger partial charge on any atom is 0.127 e. The van der Waals surface area contributed by atoms with E-state index in [0.29, 0.717) is 5.75 Å². The molecule has 0 aliphatic carbocycles. The lowest BCUT2D eigenvalue weighted by molar-refractivity contribution is -0.901. The van der Waals surface area contributed by atoms with E-state index in [-0.39, 0.29) is 0 Å². The Balaban J connectivity index is 1.79. The first-order valence-electron chi connectivity index (χ1n) is 8.37. The predicted octanol–water partition coefficient (Wildman–Crippen LogP) is 3.30. The third kappa shape index (κ3) is 3.92. The standard InChI is InChI=1S/C19H23N3O2/c1-14-11-17(21-20-16-5-7-18(24-2)8-6-16)12-15(19(14)23)13-22-9-3-4-10-22/h5-8,11-12,23H,3-4,9-10,13H2,1-2H3/p+1. The first-order valence-corrected chi connectivity index (χ1v) is 8.37. The Morgan fingerprint density at radius 1 is 1.04 bits per heavy atom. The van der Waals surface area contributed by atoms with E-state index in [1.807, 2.05) is 43.3 Å². The Hall–Kier alpha value is -2.40. The molecular weight excluding hydrogens is 302 g/mol. The van der Waals surface area contributed by atoms with Gasteiger partial charge < -0.3 is 14.7 Å². The number of azo groups is 1. The summed E-state index contributed by atoms with van der Waals surface area (Å²) in [6.45, 7) is 5.11. The smallest absolute Gasteiger partial charge is 0.127 e. The van der Waals surface area contributed by atoms with E-state index in [4.69, 9.17) is 4.74 Å². The maximum atomic E-state index is 10.3. The van der Waals surface area contributed by atoms with E-state index < -0.39 is 0 Å². The van der Waals surface area contributed by atoms with Crippen LogP contribution in [0.15, 0.2) is 46.6 Å². The number of aromatic hydroxyl groups is 1. The van der Waals surface area contributed by atoms with Crippen LogP contribution in [-0.4, -0.2) is 25.3 Å². The van der Waals surface area contributed by atoms with Crippen LogP contribution in [0.25, 0.3) is 0 Å². The number of hydrogen-bond acceptors (Lipinski definition) is 4. The topological polar surface area (TPSA) is 58.6 Å². The molecule has 5 heteroatoms. The van der Waals surface area contributed by atoms with E-state index >= 15 is 0 Å². The van der Waals surface area contributed by atoms with Crippen LogP contribution in [0.4, 0.5) is 11.4 Å². The lowest BCUT2D eigenvalue weighted by atomic mass is 10.1. The molecular formula is C19H24N3O2+. The normalized spacial score (nSPS) is 15.2. The van der Waals surface area contributed by atoms with Gasteiger partial charge in [0.1, 0.15) is 18.0 Å². The Labute approximate surface area is 142 Å². The minimum absolute atomic E-state index is 0.387. The molecule has 2 N–H and O–H groups in total. The molecule has 1 heterocycles. The van der Waals surface area contributed by atoms with Crippen molar-refractivity contribution in [2.45, 2.75) is 26.3 Å². The highest BCUT2D eigenvalue weighted by molar-refractivity contribution is 5.52. The van der Waals surface area contributed by atoms with Gasteiger partial charge in [0, 0.05) is 12.8 Å². The van der Waals surface area contributed by atoms with Crippen LogP contribution in [0.2, 0.25) is 0 Å². The van der Waals surface area contributed by atoms with E-state index in [9.17, 15) is 5.11 Å². The van der Waals surface area contributed by atoms with Gasteiger partial charge in [0.2, 0.25) is 0 Å². The van der Waals surface area contributed by atoms with Gasteiger partial charge in [-0.05, 0) is 48.9 Å². The zero-order chi connectivity index (χ0) is 16.9. The van der Waals surface area contributed by atoms with Gasteiger partial charge in [-0.1, -0.05) is 0 Å². The van der Waals surface area contributed by atoms with Crippen molar-refractivity contribution in [1.82, 2.24) is 0 Å². The fourth-order valence-electron chi connectivity index (χ4n) is 3.11. The summed E-state index contributed by atoms with van der Waals surface area (Å²) in [6, 6.07) is 11.3. The molecule has 1 saturated heterocycles. The summed E-state index contributed by atoms with van der Waals surface area (Å²) in [6.07, 6.45) is 2.54. The number of phenols is 1. The number of ether oxygens (including phenoxy) is 1. The van der Waals surface area contributed by atoms with Crippen molar-refractivity contribution in [3.8, 4) is 11.5 Å². The van der Waals surface area contributed by atoms with E-state index in [2.05, 4.69) is 10.2 Å². The Bertz CT molecular complexity index is 720. The summed E-state index contributed by atoms with van der Waals surface area (Å²) >= 11 is 0. The summed E-state index contributed by atoms with van der Waals surface area (Å²) in [5.41, 5.74) is 3.34. The average Bonchev–Trinajstić information content (AvgIpc) is 3.11.